The van der Waals surface area contributed by atoms with Crippen molar-refractivity contribution in [1.29, 1.82) is 0 Å². The van der Waals surface area contributed by atoms with Gasteiger partial charge in [0.2, 0.25) is 0 Å². The maximum atomic E-state index is 3.53. The third-order valence-electron chi connectivity index (χ3n) is 4.69. The van der Waals surface area contributed by atoms with Gasteiger partial charge < -0.3 is 9.88 Å². The Morgan fingerprint density at radius 3 is 1.96 bits per heavy atom. The van der Waals surface area contributed by atoms with Gasteiger partial charge in [-0.25, -0.2) is 0 Å². The Balaban J connectivity index is 1.75. The molecule has 128 valence electrons. The van der Waals surface area contributed by atoms with E-state index in [0.29, 0.717) is 0 Å². The molecule has 0 fully saturated rings. The highest BCUT2D eigenvalue weighted by Crippen LogP contribution is 2.29. The molecular weight excluding hydrogens is 316 g/mol. The Kier molecular flexibility index (Phi) is 4.57. The zero-order chi connectivity index (χ0) is 17.8. The van der Waals surface area contributed by atoms with E-state index in [1.165, 1.54) is 28.2 Å². The second-order valence-electron chi connectivity index (χ2n) is 6.40. The predicted molar refractivity (Wildman–Crippen MR) is 110 cm³/mol. The topological polar surface area (TPSA) is 17.0 Å². The van der Waals surface area contributed by atoms with E-state index in [4.69, 9.17) is 0 Å². The summed E-state index contributed by atoms with van der Waals surface area (Å²) in [4.78, 5) is 0. The first-order chi connectivity index (χ1) is 12.8. The summed E-state index contributed by atoms with van der Waals surface area (Å²) in [7, 11) is 0. The van der Waals surface area contributed by atoms with Crippen molar-refractivity contribution in [3.8, 4) is 16.9 Å². The smallest absolute Gasteiger partial charge is 0.0534 e. The molecule has 2 heteroatoms. The summed E-state index contributed by atoms with van der Waals surface area (Å²) >= 11 is 0. The lowest BCUT2D eigenvalue weighted by Crippen LogP contribution is -2.02. The quantitative estimate of drug-likeness (QED) is 0.468. The Morgan fingerprint density at radius 1 is 0.731 bits per heavy atom. The molecule has 0 radical (unpaired) electrons. The van der Waals surface area contributed by atoms with Crippen molar-refractivity contribution in [2.45, 2.75) is 13.5 Å². The third-order valence-corrected chi connectivity index (χ3v) is 4.69. The molecule has 0 aliphatic heterocycles. The largest absolute Gasteiger partial charge is 0.381 e. The van der Waals surface area contributed by atoms with Gasteiger partial charge in [-0.2, -0.15) is 0 Å². The van der Waals surface area contributed by atoms with E-state index in [9.17, 15) is 0 Å². The second-order valence-corrected chi connectivity index (χ2v) is 6.40. The lowest BCUT2D eigenvalue weighted by molar-refractivity contribution is 0.993. The van der Waals surface area contributed by atoms with Gasteiger partial charge in [0, 0.05) is 23.6 Å². The van der Waals surface area contributed by atoms with Crippen LogP contribution in [0.5, 0.6) is 0 Å². The molecule has 0 bridgehead atoms. The monoisotopic (exact) mass is 338 g/mol. The number of anilines is 1. The molecule has 2 nitrogen and oxygen atoms in total. The van der Waals surface area contributed by atoms with Gasteiger partial charge in [-0.3, -0.25) is 0 Å². The summed E-state index contributed by atoms with van der Waals surface area (Å²) in [5, 5.41) is 3.53. The van der Waals surface area contributed by atoms with Crippen LogP contribution >= 0.6 is 0 Å². The van der Waals surface area contributed by atoms with Gasteiger partial charge in [0.25, 0.3) is 0 Å². The number of nitrogens with one attached hydrogen (secondary N) is 1. The van der Waals surface area contributed by atoms with Crippen LogP contribution in [0.3, 0.4) is 0 Å². The number of nitrogens with zero attached hydrogens (tertiary/aromatic N) is 1. The van der Waals surface area contributed by atoms with Crippen LogP contribution in [-0.4, -0.2) is 4.57 Å². The van der Waals surface area contributed by atoms with Crippen LogP contribution in [0, 0.1) is 6.92 Å². The molecule has 0 amide bonds. The van der Waals surface area contributed by atoms with Crippen molar-refractivity contribution >= 4 is 5.69 Å². The van der Waals surface area contributed by atoms with Crippen molar-refractivity contribution in [3.63, 3.8) is 0 Å². The molecule has 4 rings (SSSR count). The third kappa shape index (κ3) is 3.27. The fraction of sp³-hybridized carbons (Fsp3) is 0.0833. The molecule has 0 aliphatic rings. The van der Waals surface area contributed by atoms with Crippen molar-refractivity contribution in [1.82, 2.24) is 4.57 Å². The van der Waals surface area contributed by atoms with E-state index in [1.54, 1.807) is 0 Å². The van der Waals surface area contributed by atoms with Crippen LogP contribution in [0.25, 0.3) is 16.9 Å². The van der Waals surface area contributed by atoms with Gasteiger partial charge in [-0.15, -0.1) is 0 Å². The minimum atomic E-state index is 0.801. The lowest BCUT2D eigenvalue weighted by Gasteiger charge is -2.12. The number of para-hydroxylation sites is 2. The number of aromatic nitrogens is 1. The zero-order valence-electron chi connectivity index (χ0n) is 14.9. The molecule has 1 aromatic heterocycles. The molecule has 0 saturated carbocycles. The lowest BCUT2D eigenvalue weighted by atomic mass is 10.1. The van der Waals surface area contributed by atoms with E-state index in [0.717, 1.165) is 12.2 Å². The summed E-state index contributed by atoms with van der Waals surface area (Å²) in [5.74, 6) is 0. The molecule has 0 unspecified atom stereocenters. The average Bonchev–Trinajstić information content (AvgIpc) is 3.05. The first kappa shape index (κ1) is 16.2. The Hall–Kier alpha value is -3.26. The van der Waals surface area contributed by atoms with Crippen molar-refractivity contribution in [2.24, 2.45) is 0 Å². The van der Waals surface area contributed by atoms with Crippen LogP contribution in [0.4, 0.5) is 5.69 Å². The van der Waals surface area contributed by atoms with Crippen LogP contribution < -0.4 is 5.32 Å². The van der Waals surface area contributed by atoms with Crippen LogP contribution in [-0.2, 0) is 6.54 Å². The standard InChI is InChI=1S/C24H22N2/c1-19-21(18-25-22-13-7-3-8-14-22)17-24(20-11-5-2-6-12-20)26(19)23-15-9-4-10-16-23/h2-17,25H,18H2,1H3. The molecule has 0 atom stereocenters. The van der Waals surface area contributed by atoms with E-state index >= 15 is 0 Å². The molecular formula is C24H22N2. The highest BCUT2D eigenvalue weighted by atomic mass is 15.0. The Bertz CT molecular complexity index is 971. The van der Waals surface area contributed by atoms with Crippen LogP contribution in [0.15, 0.2) is 97.1 Å². The van der Waals surface area contributed by atoms with E-state index in [-0.39, 0.29) is 0 Å². The summed E-state index contributed by atoms with van der Waals surface area (Å²) in [6.45, 7) is 3.00. The average molecular weight is 338 g/mol. The molecule has 0 aliphatic carbocycles. The molecule has 0 spiro atoms. The van der Waals surface area contributed by atoms with Crippen molar-refractivity contribution < 1.29 is 0 Å². The maximum absolute atomic E-state index is 3.53. The van der Waals surface area contributed by atoms with Gasteiger partial charge in [0.15, 0.2) is 0 Å². The first-order valence-corrected chi connectivity index (χ1v) is 8.94. The minimum absolute atomic E-state index is 0.801. The van der Waals surface area contributed by atoms with Crippen LogP contribution in [0.2, 0.25) is 0 Å². The van der Waals surface area contributed by atoms with E-state index < -0.39 is 0 Å². The van der Waals surface area contributed by atoms with Crippen molar-refractivity contribution in [2.75, 3.05) is 5.32 Å². The molecule has 0 saturated heterocycles. The van der Waals surface area contributed by atoms with Gasteiger partial charge in [0.1, 0.15) is 0 Å². The Morgan fingerprint density at radius 2 is 1.31 bits per heavy atom. The Labute approximate surface area is 154 Å². The SMILES string of the molecule is Cc1c(CNc2ccccc2)cc(-c2ccccc2)n1-c1ccccc1. The van der Waals surface area contributed by atoms with E-state index in [1.807, 2.05) is 6.07 Å². The van der Waals surface area contributed by atoms with Crippen molar-refractivity contribution in [3.05, 3.63) is 108 Å². The molecule has 1 heterocycles. The molecule has 3 aromatic carbocycles. The summed E-state index contributed by atoms with van der Waals surface area (Å²) in [6.07, 6.45) is 0. The van der Waals surface area contributed by atoms with E-state index in [2.05, 4.69) is 108 Å². The number of benzene rings is 3. The van der Waals surface area contributed by atoms with Gasteiger partial charge in [0.05, 0.1) is 5.69 Å². The summed E-state index contributed by atoms with van der Waals surface area (Å²) < 4.78 is 2.34. The number of hydrogen-bond donors (Lipinski definition) is 1. The predicted octanol–water partition coefficient (Wildman–Crippen LogP) is 6.06. The van der Waals surface area contributed by atoms with Gasteiger partial charge >= 0.3 is 0 Å². The zero-order valence-corrected chi connectivity index (χ0v) is 14.9. The highest BCUT2D eigenvalue weighted by molar-refractivity contribution is 5.66. The maximum Gasteiger partial charge on any atom is 0.0534 e. The van der Waals surface area contributed by atoms with Crippen LogP contribution in [0.1, 0.15) is 11.3 Å². The molecule has 4 aromatic rings. The fourth-order valence-electron chi connectivity index (χ4n) is 3.32. The normalized spacial score (nSPS) is 10.7. The number of rotatable bonds is 5. The van der Waals surface area contributed by atoms with Gasteiger partial charge in [-0.05, 0) is 48.4 Å². The minimum Gasteiger partial charge on any atom is -0.381 e. The number of hydrogen-bond acceptors (Lipinski definition) is 1. The second kappa shape index (κ2) is 7.32. The fourth-order valence-corrected chi connectivity index (χ4v) is 3.32. The highest BCUT2D eigenvalue weighted by Gasteiger charge is 2.14. The summed E-state index contributed by atoms with van der Waals surface area (Å²) in [5.41, 5.74) is 7.34. The first-order valence-electron chi connectivity index (χ1n) is 8.94. The van der Waals surface area contributed by atoms with Gasteiger partial charge in [-0.1, -0.05) is 66.7 Å². The molecule has 26 heavy (non-hydrogen) atoms. The summed E-state index contributed by atoms with van der Waals surface area (Å²) in [6, 6.07) is 33.8. The molecule has 1 N–H and O–H groups in total.